The molecule has 1 atom stereocenters. The van der Waals surface area contributed by atoms with Gasteiger partial charge >= 0.3 is 18.1 Å². The molecule has 23 heavy (non-hydrogen) atoms. The van der Waals surface area contributed by atoms with Gasteiger partial charge in [0.25, 0.3) is 0 Å². The van der Waals surface area contributed by atoms with Crippen LogP contribution < -0.4 is 0 Å². The molecule has 126 valence electrons. The lowest BCUT2D eigenvalue weighted by Crippen LogP contribution is -2.33. The highest BCUT2D eigenvalue weighted by Crippen LogP contribution is 2.32. The highest BCUT2D eigenvalue weighted by Gasteiger charge is 2.38. The van der Waals surface area contributed by atoms with Crippen LogP contribution in [0, 0.1) is 10.8 Å². The van der Waals surface area contributed by atoms with E-state index in [0.29, 0.717) is 0 Å². The Morgan fingerprint density at radius 1 is 1.09 bits per heavy atom. The maximum Gasteiger partial charge on any atom is 0.416 e. The first-order valence-corrected chi connectivity index (χ1v) is 6.38. The van der Waals surface area contributed by atoms with Crippen molar-refractivity contribution in [3.8, 4) is 0 Å². The summed E-state index contributed by atoms with van der Waals surface area (Å²) < 4.78 is 46.7. The molecule has 0 N–H and O–H groups in total. The maximum absolute atomic E-state index is 12.6. The van der Waals surface area contributed by atoms with Gasteiger partial charge in [-0.1, -0.05) is 17.3 Å². The molecule has 0 aliphatic carbocycles. The number of nitrogens with zero attached hydrogens (tertiary/aromatic N) is 1. The van der Waals surface area contributed by atoms with Gasteiger partial charge in [-0.15, -0.1) is 0 Å². The van der Waals surface area contributed by atoms with Gasteiger partial charge < -0.3 is 9.47 Å². The van der Waals surface area contributed by atoms with E-state index in [4.69, 9.17) is 0 Å². The molecule has 6 nitrogen and oxygen atoms in total. The van der Waals surface area contributed by atoms with Gasteiger partial charge in [-0.3, -0.25) is 9.59 Å². The summed E-state index contributed by atoms with van der Waals surface area (Å²) in [5, 5.41) is 2.65. The number of alkyl halides is 3. The predicted molar refractivity (Wildman–Crippen MR) is 72.4 cm³/mol. The molecule has 0 saturated carbocycles. The minimum Gasteiger partial charge on any atom is -0.468 e. The van der Waals surface area contributed by atoms with E-state index in [-0.39, 0.29) is 5.56 Å². The van der Waals surface area contributed by atoms with Crippen LogP contribution in [0.1, 0.15) is 17.0 Å². The molecule has 1 aromatic rings. The molecule has 0 aromatic heterocycles. The third kappa shape index (κ3) is 4.51. The molecular weight excluding hydrogens is 319 g/mol. The molecule has 1 rings (SSSR count). The van der Waals surface area contributed by atoms with E-state index in [1.54, 1.807) is 0 Å². The zero-order chi connectivity index (χ0) is 17.6. The second kappa shape index (κ2) is 7.70. The Kier molecular flexibility index (Phi) is 6.23. The second-order valence-corrected chi connectivity index (χ2v) is 4.56. The van der Waals surface area contributed by atoms with Gasteiger partial charge in [0.2, 0.25) is 0 Å². The maximum atomic E-state index is 12.6. The van der Waals surface area contributed by atoms with Crippen molar-refractivity contribution in [2.24, 2.45) is 11.1 Å². The quantitative estimate of drug-likeness (QED) is 0.454. The number of halogens is 3. The van der Waals surface area contributed by atoms with Crippen LogP contribution in [0.3, 0.4) is 0 Å². The van der Waals surface area contributed by atoms with Crippen molar-refractivity contribution in [1.82, 2.24) is 0 Å². The third-order valence-corrected chi connectivity index (χ3v) is 3.25. The summed E-state index contributed by atoms with van der Waals surface area (Å²) in [6.07, 6.45) is -4.53. The van der Waals surface area contributed by atoms with Gasteiger partial charge in [0.1, 0.15) is 0 Å². The fraction of sp³-hybridized carbons (Fsp3) is 0.429. The molecular formula is C14H14F3NO5. The number of ether oxygens (including phenoxy) is 2. The molecule has 0 saturated heterocycles. The summed E-state index contributed by atoms with van der Waals surface area (Å²) in [7, 11) is 2.08. The van der Waals surface area contributed by atoms with Crippen molar-refractivity contribution in [3.05, 3.63) is 40.3 Å². The molecule has 0 aliphatic heterocycles. The van der Waals surface area contributed by atoms with Gasteiger partial charge in [-0.25, -0.2) is 0 Å². The molecule has 0 spiro atoms. The van der Waals surface area contributed by atoms with Crippen molar-refractivity contribution in [2.45, 2.75) is 12.1 Å². The molecule has 0 aliphatic rings. The van der Waals surface area contributed by atoms with Crippen LogP contribution in [0.2, 0.25) is 0 Å². The van der Waals surface area contributed by atoms with Crippen LogP contribution in [0.15, 0.2) is 29.4 Å². The van der Waals surface area contributed by atoms with Crippen molar-refractivity contribution in [2.75, 3.05) is 20.8 Å². The average Bonchev–Trinajstić information content (AvgIpc) is 2.53. The van der Waals surface area contributed by atoms with Crippen LogP contribution in [0.25, 0.3) is 0 Å². The first kappa shape index (κ1) is 18.6. The Bertz CT molecular complexity index is 555. The van der Waals surface area contributed by atoms with E-state index in [0.717, 1.165) is 38.5 Å². The molecule has 0 radical (unpaired) electrons. The van der Waals surface area contributed by atoms with Gasteiger partial charge in [0, 0.05) is 5.92 Å². The molecule has 1 aromatic carbocycles. The minimum atomic E-state index is -4.53. The molecule has 0 fully saturated rings. The van der Waals surface area contributed by atoms with Crippen molar-refractivity contribution in [3.63, 3.8) is 0 Å². The number of esters is 2. The number of rotatable bonds is 6. The van der Waals surface area contributed by atoms with E-state index in [1.807, 2.05) is 0 Å². The Morgan fingerprint density at radius 3 is 1.91 bits per heavy atom. The minimum absolute atomic E-state index is 0.165. The molecule has 9 heteroatoms. The lowest BCUT2D eigenvalue weighted by molar-refractivity contribution is -0.160. The lowest BCUT2D eigenvalue weighted by atomic mass is 9.85. The number of nitroso groups, excluding NO2 is 1. The molecule has 0 heterocycles. The van der Waals surface area contributed by atoms with Crippen molar-refractivity contribution < 1.29 is 32.2 Å². The van der Waals surface area contributed by atoms with E-state index < -0.39 is 42.1 Å². The van der Waals surface area contributed by atoms with Crippen LogP contribution in [-0.4, -0.2) is 32.7 Å². The van der Waals surface area contributed by atoms with E-state index >= 15 is 0 Å². The van der Waals surface area contributed by atoms with Crippen LogP contribution in [0.5, 0.6) is 0 Å². The summed E-state index contributed by atoms with van der Waals surface area (Å²) in [4.78, 5) is 34.2. The highest BCUT2D eigenvalue weighted by atomic mass is 19.4. The number of carbonyl (C=O) groups is 2. The smallest absolute Gasteiger partial charge is 0.416 e. The van der Waals surface area contributed by atoms with Crippen LogP contribution in [-0.2, 0) is 25.2 Å². The monoisotopic (exact) mass is 333 g/mol. The third-order valence-electron chi connectivity index (χ3n) is 3.25. The number of carbonyl (C=O) groups excluding carboxylic acids is 2. The summed E-state index contributed by atoms with van der Waals surface area (Å²) in [6.45, 7) is -0.500. The first-order valence-electron chi connectivity index (χ1n) is 6.38. The standard InChI is InChI=1S/C14H14F3NO5/c1-22-12(19)11(13(20)23-2)10(7-18-21)8-3-5-9(6-4-8)14(15,16)17/h3-6,10-11H,7H2,1-2H3. The summed E-state index contributed by atoms with van der Waals surface area (Å²) in [5.74, 6) is -4.52. The number of hydrogen-bond acceptors (Lipinski definition) is 6. The van der Waals surface area contributed by atoms with E-state index in [2.05, 4.69) is 14.7 Å². The fourth-order valence-electron chi connectivity index (χ4n) is 2.08. The Balaban J connectivity index is 3.25. The Labute approximate surface area is 129 Å². The number of methoxy groups -OCH3 is 2. The topological polar surface area (TPSA) is 82.0 Å². The van der Waals surface area contributed by atoms with Gasteiger partial charge in [0.15, 0.2) is 5.92 Å². The number of hydrogen-bond donors (Lipinski definition) is 0. The zero-order valence-corrected chi connectivity index (χ0v) is 12.3. The Morgan fingerprint density at radius 2 is 1.57 bits per heavy atom. The van der Waals surface area contributed by atoms with E-state index in [9.17, 15) is 27.7 Å². The predicted octanol–water partition coefficient (Wildman–Crippen LogP) is 2.52. The SMILES string of the molecule is COC(=O)C(C(=O)OC)C(CN=O)c1ccc(C(F)(F)F)cc1. The van der Waals surface area contributed by atoms with Gasteiger partial charge in [-0.05, 0) is 17.7 Å². The summed E-state index contributed by atoms with van der Waals surface area (Å²) in [6, 6.07) is 3.74. The Hall–Kier alpha value is -2.45. The molecule has 1 unspecified atom stereocenters. The lowest BCUT2D eigenvalue weighted by Gasteiger charge is -2.21. The number of benzene rings is 1. The first-order chi connectivity index (χ1) is 10.8. The highest BCUT2D eigenvalue weighted by molar-refractivity contribution is 5.96. The van der Waals surface area contributed by atoms with Crippen LogP contribution >= 0.6 is 0 Å². The largest absolute Gasteiger partial charge is 0.468 e. The summed E-state index contributed by atoms with van der Waals surface area (Å²) in [5.41, 5.74) is -0.731. The fourth-order valence-corrected chi connectivity index (χ4v) is 2.08. The summed E-state index contributed by atoms with van der Waals surface area (Å²) >= 11 is 0. The van der Waals surface area contributed by atoms with E-state index in [1.165, 1.54) is 0 Å². The van der Waals surface area contributed by atoms with Gasteiger partial charge in [0.05, 0.1) is 26.3 Å². The zero-order valence-electron chi connectivity index (χ0n) is 12.3. The van der Waals surface area contributed by atoms with Gasteiger partial charge in [-0.2, -0.15) is 18.1 Å². The van der Waals surface area contributed by atoms with Crippen molar-refractivity contribution in [1.29, 1.82) is 0 Å². The van der Waals surface area contributed by atoms with Crippen LogP contribution in [0.4, 0.5) is 13.2 Å². The second-order valence-electron chi connectivity index (χ2n) is 4.56. The molecule has 0 bridgehead atoms. The molecule has 0 amide bonds. The normalized spacial score (nSPS) is 12.6. The average molecular weight is 333 g/mol. The van der Waals surface area contributed by atoms with Crippen molar-refractivity contribution >= 4 is 11.9 Å².